The van der Waals surface area contributed by atoms with Gasteiger partial charge in [0.25, 0.3) is 0 Å². The minimum absolute atomic E-state index is 0.0411. The maximum atomic E-state index is 11.3. The fourth-order valence-electron chi connectivity index (χ4n) is 2.51. The van der Waals surface area contributed by atoms with E-state index in [1.807, 2.05) is 0 Å². The van der Waals surface area contributed by atoms with Gasteiger partial charge >= 0.3 is 5.97 Å². The van der Waals surface area contributed by atoms with Gasteiger partial charge in [0.2, 0.25) is 0 Å². The summed E-state index contributed by atoms with van der Waals surface area (Å²) >= 11 is 5.91. The first-order valence-electron chi connectivity index (χ1n) is 6.78. The number of rotatable bonds is 4. The van der Waals surface area contributed by atoms with Gasteiger partial charge in [-0.25, -0.2) is 4.79 Å². The quantitative estimate of drug-likeness (QED) is 0.912. The molecule has 0 amide bonds. The van der Waals surface area contributed by atoms with Crippen molar-refractivity contribution in [3.63, 3.8) is 0 Å². The van der Waals surface area contributed by atoms with Crippen molar-refractivity contribution in [2.24, 2.45) is 5.92 Å². The number of halogens is 1. The van der Waals surface area contributed by atoms with Crippen LogP contribution in [0.2, 0.25) is 5.02 Å². The molecule has 0 aliphatic heterocycles. The molecular weight excluding hydrogens is 280 g/mol. The van der Waals surface area contributed by atoms with Gasteiger partial charge in [0, 0.05) is 11.1 Å². The van der Waals surface area contributed by atoms with E-state index in [1.54, 1.807) is 6.07 Å². The van der Waals surface area contributed by atoms with Crippen LogP contribution in [-0.4, -0.2) is 24.3 Å². The number of hydrogen-bond acceptors (Lipinski definition) is 3. The largest absolute Gasteiger partial charge is 0.493 e. The summed E-state index contributed by atoms with van der Waals surface area (Å²) in [5.74, 6) is 0.295. The van der Waals surface area contributed by atoms with Gasteiger partial charge in [-0.3, -0.25) is 0 Å². The van der Waals surface area contributed by atoms with Crippen molar-refractivity contribution in [1.29, 1.82) is 0 Å². The third kappa shape index (κ3) is 3.37. The van der Waals surface area contributed by atoms with Crippen LogP contribution in [0.3, 0.4) is 0 Å². The molecule has 2 rings (SSSR count). The summed E-state index contributed by atoms with van der Waals surface area (Å²) < 4.78 is 11.1. The zero-order chi connectivity index (χ0) is 14.7. The van der Waals surface area contributed by atoms with Crippen molar-refractivity contribution >= 4 is 17.6 Å². The normalized spacial score (nSPS) is 22.4. The number of methoxy groups -OCH3 is 1. The standard InChI is InChI=1S/C15H19ClO4/c1-9-3-5-11(6-4-9)20-14-12(15(17)18)7-10(16)8-13(14)19-2/h7-9,11H,3-6H2,1-2H3,(H,17,18). The van der Waals surface area contributed by atoms with Gasteiger partial charge in [-0.1, -0.05) is 18.5 Å². The fourth-order valence-corrected chi connectivity index (χ4v) is 2.72. The number of hydrogen-bond donors (Lipinski definition) is 1. The van der Waals surface area contributed by atoms with Gasteiger partial charge in [-0.15, -0.1) is 0 Å². The van der Waals surface area contributed by atoms with Crippen LogP contribution in [0.1, 0.15) is 43.0 Å². The first-order valence-corrected chi connectivity index (χ1v) is 7.16. The molecule has 5 heteroatoms. The topological polar surface area (TPSA) is 55.8 Å². The molecule has 0 heterocycles. The van der Waals surface area contributed by atoms with E-state index in [0.29, 0.717) is 16.7 Å². The minimum Gasteiger partial charge on any atom is -0.493 e. The summed E-state index contributed by atoms with van der Waals surface area (Å²) in [6.07, 6.45) is 4.11. The van der Waals surface area contributed by atoms with E-state index in [2.05, 4.69) is 6.92 Å². The summed E-state index contributed by atoms with van der Waals surface area (Å²) in [5.41, 5.74) is 0.0490. The van der Waals surface area contributed by atoms with Gasteiger partial charge in [-0.05, 0) is 37.7 Å². The second-order valence-electron chi connectivity index (χ2n) is 5.29. The van der Waals surface area contributed by atoms with Crippen LogP contribution in [0.5, 0.6) is 11.5 Å². The van der Waals surface area contributed by atoms with E-state index in [-0.39, 0.29) is 17.4 Å². The Kier molecular flexibility index (Phi) is 4.76. The Morgan fingerprint density at radius 2 is 1.95 bits per heavy atom. The van der Waals surface area contributed by atoms with Crippen LogP contribution in [0.4, 0.5) is 0 Å². The highest BCUT2D eigenvalue weighted by atomic mass is 35.5. The number of carboxylic acids is 1. The second-order valence-corrected chi connectivity index (χ2v) is 5.73. The smallest absolute Gasteiger partial charge is 0.339 e. The number of benzene rings is 1. The molecule has 0 unspecified atom stereocenters. The van der Waals surface area contributed by atoms with Gasteiger partial charge in [0.1, 0.15) is 5.56 Å². The first-order chi connectivity index (χ1) is 9.51. The van der Waals surface area contributed by atoms with Crippen molar-refractivity contribution in [2.75, 3.05) is 7.11 Å². The summed E-state index contributed by atoms with van der Waals surface area (Å²) in [6.45, 7) is 2.22. The van der Waals surface area contributed by atoms with Crippen LogP contribution >= 0.6 is 11.6 Å². The third-order valence-corrected chi connectivity index (χ3v) is 3.94. The highest BCUT2D eigenvalue weighted by Gasteiger charge is 2.24. The molecule has 110 valence electrons. The summed E-state index contributed by atoms with van der Waals surface area (Å²) in [5, 5.41) is 9.61. The maximum Gasteiger partial charge on any atom is 0.339 e. The maximum absolute atomic E-state index is 11.3. The Morgan fingerprint density at radius 3 is 2.50 bits per heavy atom. The number of ether oxygens (including phenoxy) is 2. The molecular formula is C15H19ClO4. The molecule has 1 N–H and O–H groups in total. The van der Waals surface area contributed by atoms with Gasteiger partial charge in [0.05, 0.1) is 13.2 Å². The number of carboxylic acid groups (broad SMARTS) is 1. The Bertz CT molecular complexity index is 493. The predicted molar refractivity (Wildman–Crippen MR) is 77.0 cm³/mol. The summed E-state index contributed by atoms with van der Waals surface area (Å²) in [6, 6.07) is 2.97. The fraction of sp³-hybridized carbons (Fsp3) is 0.533. The van der Waals surface area contributed by atoms with Crippen LogP contribution < -0.4 is 9.47 Å². The Labute approximate surface area is 123 Å². The molecule has 1 aromatic carbocycles. The lowest BCUT2D eigenvalue weighted by Crippen LogP contribution is -2.24. The highest BCUT2D eigenvalue weighted by molar-refractivity contribution is 6.31. The monoisotopic (exact) mass is 298 g/mol. The number of aromatic carboxylic acids is 1. The Morgan fingerprint density at radius 1 is 1.30 bits per heavy atom. The lowest BCUT2D eigenvalue weighted by atomic mass is 9.89. The van der Waals surface area contributed by atoms with Crippen molar-refractivity contribution in [3.8, 4) is 11.5 Å². The van der Waals surface area contributed by atoms with E-state index in [9.17, 15) is 9.90 Å². The average Bonchev–Trinajstić information content (AvgIpc) is 2.42. The molecule has 0 saturated heterocycles. The van der Waals surface area contributed by atoms with Gasteiger partial charge in [-0.2, -0.15) is 0 Å². The van der Waals surface area contributed by atoms with Crippen molar-refractivity contribution < 1.29 is 19.4 Å². The molecule has 1 aromatic rings. The highest BCUT2D eigenvalue weighted by Crippen LogP contribution is 2.37. The van der Waals surface area contributed by atoms with E-state index in [0.717, 1.165) is 25.7 Å². The molecule has 1 aliphatic carbocycles. The number of carbonyl (C=O) groups is 1. The molecule has 0 aromatic heterocycles. The van der Waals surface area contributed by atoms with Gasteiger partial charge < -0.3 is 14.6 Å². The van der Waals surface area contributed by atoms with E-state index in [4.69, 9.17) is 21.1 Å². The van der Waals surface area contributed by atoms with Crippen LogP contribution in [0, 0.1) is 5.92 Å². The molecule has 4 nitrogen and oxygen atoms in total. The average molecular weight is 299 g/mol. The van der Waals surface area contributed by atoms with Crippen LogP contribution in [0.15, 0.2) is 12.1 Å². The summed E-state index contributed by atoms with van der Waals surface area (Å²) in [7, 11) is 1.48. The molecule has 0 atom stereocenters. The molecule has 0 bridgehead atoms. The zero-order valence-electron chi connectivity index (χ0n) is 11.7. The second kappa shape index (κ2) is 6.35. The van der Waals surface area contributed by atoms with Crippen molar-refractivity contribution in [2.45, 2.75) is 38.7 Å². The van der Waals surface area contributed by atoms with Crippen molar-refractivity contribution in [1.82, 2.24) is 0 Å². The predicted octanol–water partition coefficient (Wildman–Crippen LogP) is 4.00. The summed E-state index contributed by atoms with van der Waals surface area (Å²) in [4.78, 5) is 11.3. The lowest BCUT2D eigenvalue weighted by molar-refractivity contribution is 0.0682. The molecule has 1 saturated carbocycles. The molecule has 20 heavy (non-hydrogen) atoms. The molecule has 0 radical (unpaired) electrons. The van der Waals surface area contributed by atoms with Gasteiger partial charge in [0.15, 0.2) is 11.5 Å². The van der Waals surface area contributed by atoms with Crippen LogP contribution in [-0.2, 0) is 0 Å². The van der Waals surface area contributed by atoms with E-state index >= 15 is 0 Å². The molecule has 0 spiro atoms. The lowest BCUT2D eigenvalue weighted by Gasteiger charge is -2.28. The molecule has 1 aliphatic rings. The van der Waals surface area contributed by atoms with Crippen LogP contribution in [0.25, 0.3) is 0 Å². The Hall–Kier alpha value is -1.42. The Balaban J connectivity index is 2.27. The minimum atomic E-state index is -1.06. The van der Waals surface area contributed by atoms with E-state index in [1.165, 1.54) is 13.2 Å². The van der Waals surface area contributed by atoms with Crippen molar-refractivity contribution in [3.05, 3.63) is 22.7 Å². The zero-order valence-corrected chi connectivity index (χ0v) is 12.4. The third-order valence-electron chi connectivity index (χ3n) is 3.72. The van der Waals surface area contributed by atoms with E-state index < -0.39 is 5.97 Å². The SMILES string of the molecule is COc1cc(Cl)cc(C(=O)O)c1OC1CCC(C)CC1. The first kappa shape index (κ1) is 15.0. The molecule has 1 fully saturated rings.